The van der Waals surface area contributed by atoms with Crippen molar-refractivity contribution in [3.05, 3.63) is 23.2 Å². The molecule has 96 valence electrons. The summed E-state index contributed by atoms with van der Waals surface area (Å²) in [6.45, 7) is 3.35. The smallest absolute Gasteiger partial charge is 0.349 e. The highest BCUT2D eigenvalue weighted by molar-refractivity contribution is 7.17. The molecule has 0 aliphatic heterocycles. The van der Waals surface area contributed by atoms with Crippen LogP contribution in [0, 0.1) is 0 Å². The van der Waals surface area contributed by atoms with Gasteiger partial charge in [-0.3, -0.25) is 0 Å². The second-order valence-corrected chi connectivity index (χ2v) is 4.44. The zero-order valence-corrected chi connectivity index (χ0v) is 10.9. The summed E-state index contributed by atoms with van der Waals surface area (Å²) in [4.78, 5) is 15.8. The Bertz CT molecular complexity index is 536. The molecule has 2 aromatic heterocycles. The number of carbonyl (C=O) groups excluding carboxylic acids is 1. The fraction of sp³-hybridized carbons (Fsp3) is 0.400. The maximum atomic E-state index is 11.3. The molecule has 0 aliphatic carbocycles. The van der Waals surface area contributed by atoms with E-state index in [1.54, 1.807) is 6.33 Å². The fourth-order valence-electron chi connectivity index (χ4n) is 1.39. The van der Waals surface area contributed by atoms with Gasteiger partial charge in [-0.25, -0.2) is 9.78 Å². The van der Waals surface area contributed by atoms with Gasteiger partial charge >= 0.3 is 5.97 Å². The van der Waals surface area contributed by atoms with Crippen molar-refractivity contribution in [3.63, 3.8) is 0 Å². The van der Waals surface area contributed by atoms with Gasteiger partial charge in [-0.1, -0.05) is 11.3 Å². The first-order valence-electron chi connectivity index (χ1n) is 5.39. The quantitative estimate of drug-likeness (QED) is 0.818. The molecule has 0 fully saturated rings. The van der Waals surface area contributed by atoms with E-state index in [2.05, 4.69) is 25.2 Å². The summed E-state index contributed by atoms with van der Waals surface area (Å²) < 4.78 is 6.55. The summed E-state index contributed by atoms with van der Waals surface area (Å²) in [6, 6.07) is 0. The lowest BCUT2D eigenvalue weighted by atomic mass is 10.5. The third kappa shape index (κ3) is 2.65. The number of rotatable bonds is 5. The Morgan fingerprint density at radius 2 is 2.44 bits per heavy atom. The van der Waals surface area contributed by atoms with Gasteiger partial charge in [0.1, 0.15) is 11.2 Å². The largest absolute Gasteiger partial charge is 0.465 e. The van der Waals surface area contributed by atoms with E-state index in [-0.39, 0.29) is 5.97 Å². The van der Waals surface area contributed by atoms with Crippen LogP contribution in [0.4, 0.5) is 5.13 Å². The minimum atomic E-state index is -0.378. The molecule has 2 heterocycles. The number of aryl methyl sites for hydroxylation is 1. The Morgan fingerprint density at radius 1 is 1.61 bits per heavy atom. The predicted molar refractivity (Wildman–Crippen MR) is 66.5 cm³/mol. The zero-order chi connectivity index (χ0) is 13.0. The molecule has 0 amide bonds. The summed E-state index contributed by atoms with van der Waals surface area (Å²) in [5.41, 5.74) is 0. The van der Waals surface area contributed by atoms with Crippen molar-refractivity contribution < 1.29 is 9.53 Å². The van der Waals surface area contributed by atoms with Crippen LogP contribution in [0.15, 0.2) is 12.5 Å². The SMILES string of the molecule is CCn1cnnc1CNc1ncc(C(=O)OC)s1. The Hall–Kier alpha value is -1.96. The molecule has 18 heavy (non-hydrogen) atoms. The van der Waals surface area contributed by atoms with Crippen molar-refractivity contribution >= 4 is 22.4 Å². The van der Waals surface area contributed by atoms with Gasteiger partial charge in [-0.05, 0) is 6.92 Å². The highest BCUT2D eigenvalue weighted by atomic mass is 32.1. The van der Waals surface area contributed by atoms with Crippen LogP contribution in [0.2, 0.25) is 0 Å². The molecule has 1 N–H and O–H groups in total. The molecule has 0 atom stereocenters. The number of methoxy groups -OCH3 is 1. The van der Waals surface area contributed by atoms with Crippen LogP contribution in [-0.2, 0) is 17.8 Å². The molecule has 0 saturated carbocycles. The number of nitrogens with zero attached hydrogens (tertiary/aromatic N) is 4. The molecule has 0 aliphatic rings. The first-order chi connectivity index (χ1) is 8.74. The van der Waals surface area contributed by atoms with Crippen molar-refractivity contribution in [3.8, 4) is 0 Å². The van der Waals surface area contributed by atoms with E-state index >= 15 is 0 Å². The molecule has 0 spiro atoms. The first kappa shape index (κ1) is 12.5. The van der Waals surface area contributed by atoms with Gasteiger partial charge in [-0.15, -0.1) is 10.2 Å². The summed E-state index contributed by atoms with van der Waals surface area (Å²) in [6.07, 6.45) is 3.17. The van der Waals surface area contributed by atoms with E-state index in [4.69, 9.17) is 0 Å². The topological polar surface area (TPSA) is 81.9 Å². The number of ether oxygens (including phenoxy) is 1. The van der Waals surface area contributed by atoms with E-state index in [0.29, 0.717) is 16.6 Å². The maximum Gasteiger partial charge on any atom is 0.349 e. The molecular formula is C10H13N5O2S. The number of carbonyl (C=O) groups is 1. The molecule has 2 rings (SSSR count). The van der Waals surface area contributed by atoms with Gasteiger partial charge in [0, 0.05) is 6.54 Å². The van der Waals surface area contributed by atoms with Gasteiger partial charge in [0.15, 0.2) is 11.0 Å². The third-order valence-corrected chi connectivity index (χ3v) is 3.26. The van der Waals surface area contributed by atoms with Crippen LogP contribution in [0.5, 0.6) is 0 Å². The lowest BCUT2D eigenvalue weighted by molar-refractivity contribution is 0.0606. The van der Waals surface area contributed by atoms with Crippen LogP contribution >= 0.6 is 11.3 Å². The minimum absolute atomic E-state index is 0.378. The maximum absolute atomic E-state index is 11.3. The summed E-state index contributed by atoms with van der Waals surface area (Å²) >= 11 is 1.25. The molecule has 0 unspecified atom stereocenters. The van der Waals surface area contributed by atoms with Crippen molar-refractivity contribution in [1.82, 2.24) is 19.7 Å². The summed E-state index contributed by atoms with van der Waals surface area (Å²) in [5, 5.41) is 11.6. The van der Waals surface area contributed by atoms with Crippen LogP contribution < -0.4 is 5.32 Å². The number of nitrogens with one attached hydrogen (secondary N) is 1. The van der Waals surface area contributed by atoms with Crippen LogP contribution in [0.25, 0.3) is 0 Å². The van der Waals surface area contributed by atoms with E-state index in [1.165, 1.54) is 24.6 Å². The van der Waals surface area contributed by atoms with Crippen molar-refractivity contribution in [1.29, 1.82) is 0 Å². The summed E-state index contributed by atoms with van der Waals surface area (Å²) in [5.74, 6) is 0.449. The third-order valence-electron chi connectivity index (χ3n) is 2.33. The molecule has 8 heteroatoms. The number of anilines is 1. The molecule has 0 aromatic carbocycles. The van der Waals surface area contributed by atoms with Gasteiger partial charge in [0.2, 0.25) is 0 Å². The number of hydrogen-bond donors (Lipinski definition) is 1. The molecule has 0 saturated heterocycles. The average Bonchev–Trinajstić information content (AvgIpc) is 3.03. The Kier molecular flexibility index (Phi) is 3.88. The van der Waals surface area contributed by atoms with Gasteiger partial charge < -0.3 is 14.6 Å². The minimum Gasteiger partial charge on any atom is -0.465 e. The monoisotopic (exact) mass is 267 g/mol. The molecule has 0 radical (unpaired) electrons. The molecule has 0 bridgehead atoms. The molecule has 2 aromatic rings. The Labute approximate surface area is 108 Å². The van der Waals surface area contributed by atoms with E-state index in [0.717, 1.165) is 12.4 Å². The van der Waals surface area contributed by atoms with E-state index < -0.39 is 0 Å². The lowest BCUT2D eigenvalue weighted by Gasteiger charge is -2.03. The number of hydrogen-bond acceptors (Lipinski definition) is 7. The second kappa shape index (κ2) is 5.58. The van der Waals surface area contributed by atoms with E-state index in [1.807, 2.05) is 11.5 Å². The van der Waals surface area contributed by atoms with Gasteiger partial charge in [0.25, 0.3) is 0 Å². The lowest BCUT2D eigenvalue weighted by Crippen LogP contribution is -2.07. The number of thiazole rings is 1. The zero-order valence-electron chi connectivity index (χ0n) is 10.1. The van der Waals surface area contributed by atoms with Gasteiger partial charge in [-0.2, -0.15) is 0 Å². The Balaban J connectivity index is 1.98. The van der Waals surface area contributed by atoms with Crippen LogP contribution in [0.3, 0.4) is 0 Å². The van der Waals surface area contributed by atoms with Crippen molar-refractivity contribution in [2.24, 2.45) is 0 Å². The highest BCUT2D eigenvalue weighted by Gasteiger charge is 2.10. The summed E-state index contributed by atoms with van der Waals surface area (Å²) in [7, 11) is 1.35. The van der Waals surface area contributed by atoms with Crippen molar-refractivity contribution in [2.45, 2.75) is 20.0 Å². The Morgan fingerprint density at radius 3 is 3.17 bits per heavy atom. The van der Waals surface area contributed by atoms with Crippen LogP contribution in [-0.4, -0.2) is 32.8 Å². The molecule has 7 nitrogen and oxygen atoms in total. The number of aromatic nitrogens is 4. The van der Waals surface area contributed by atoms with Crippen LogP contribution in [0.1, 0.15) is 22.4 Å². The predicted octanol–water partition coefficient (Wildman–Crippen LogP) is 1.15. The number of esters is 1. The van der Waals surface area contributed by atoms with E-state index in [9.17, 15) is 4.79 Å². The second-order valence-electron chi connectivity index (χ2n) is 3.41. The normalized spacial score (nSPS) is 10.3. The standard InChI is InChI=1S/C10H13N5O2S/c1-3-15-6-13-14-8(15)5-12-10-11-4-7(18-10)9(16)17-2/h4,6H,3,5H2,1-2H3,(H,11,12). The average molecular weight is 267 g/mol. The molecular weight excluding hydrogens is 254 g/mol. The highest BCUT2D eigenvalue weighted by Crippen LogP contribution is 2.19. The first-order valence-corrected chi connectivity index (χ1v) is 6.21. The fourth-order valence-corrected chi connectivity index (χ4v) is 2.12. The van der Waals surface area contributed by atoms with Gasteiger partial charge in [0.05, 0.1) is 19.9 Å². The van der Waals surface area contributed by atoms with Crippen molar-refractivity contribution in [2.75, 3.05) is 12.4 Å².